The van der Waals surface area contributed by atoms with E-state index < -0.39 is 23.1 Å². The number of phenols is 1. The summed E-state index contributed by atoms with van der Waals surface area (Å²) in [5, 5.41) is 12.4. The van der Waals surface area contributed by atoms with Crippen LogP contribution in [0.3, 0.4) is 0 Å². The highest BCUT2D eigenvalue weighted by Gasteiger charge is 2.34. The molecule has 0 bridgehead atoms. The number of nitrogens with two attached hydrogens (primary N) is 1. The molecule has 2 rings (SSSR count). The van der Waals surface area contributed by atoms with E-state index in [0.29, 0.717) is 12.1 Å². The number of aromatic hydroxyl groups is 1. The van der Waals surface area contributed by atoms with Crippen molar-refractivity contribution < 1.29 is 23.1 Å². The fourth-order valence-corrected chi connectivity index (χ4v) is 2.57. The van der Waals surface area contributed by atoms with E-state index in [1.165, 1.54) is 25.9 Å². The molecule has 5 nitrogen and oxygen atoms in total. The standard InChI is InChI=1S/C9H20N2.C8H6F3NO2/c1-8(2)11(3)9-5-4-6-10-7-9;9-8(10,11)5-2-7(14)6(12)1-4(5)3-13/h8-10H,4-7H2,1-3H3;1-3,14H,12H2. The molecule has 1 atom stereocenters. The predicted octanol–water partition coefficient (Wildman–Crippen LogP) is 2.88. The molecule has 25 heavy (non-hydrogen) atoms. The third-order valence-corrected chi connectivity index (χ3v) is 4.29. The van der Waals surface area contributed by atoms with E-state index in [1.54, 1.807) is 0 Å². The molecule has 1 aromatic rings. The highest BCUT2D eigenvalue weighted by molar-refractivity contribution is 5.81. The maximum atomic E-state index is 12.2. The lowest BCUT2D eigenvalue weighted by molar-refractivity contribution is -0.137. The zero-order chi connectivity index (χ0) is 19.2. The number of hydrogen-bond acceptors (Lipinski definition) is 5. The van der Waals surface area contributed by atoms with Crippen molar-refractivity contribution in [2.45, 2.75) is 44.9 Å². The number of anilines is 1. The van der Waals surface area contributed by atoms with Gasteiger partial charge in [-0.1, -0.05) is 0 Å². The van der Waals surface area contributed by atoms with E-state index in [1.807, 2.05) is 0 Å². The second kappa shape index (κ2) is 9.05. The number of carbonyl (C=O) groups excluding carboxylic acids is 1. The number of piperidine rings is 1. The van der Waals surface area contributed by atoms with E-state index in [0.717, 1.165) is 12.1 Å². The van der Waals surface area contributed by atoms with Crippen LogP contribution in [0.1, 0.15) is 42.6 Å². The Morgan fingerprint density at radius 3 is 2.48 bits per heavy atom. The number of likely N-dealkylation sites (N-methyl/N-ethyl adjacent to an activating group) is 1. The van der Waals surface area contributed by atoms with E-state index in [-0.39, 0.29) is 12.0 Å². The number of aldehydes is 1. The van der Waals surface area contributed by atoms with E-state index in [2.05, 4.69) is 31.1 Å². The lowest BCUT2D eigenvalue weighted by Gasteiger charge is -2.34. The van der Waals surface area contributed by atoms with Gasteiger partial charge in [-0.2, -0.15) is 13.2 Å². The molecule has 0 aliphatic carbocycles. The number of hydrogen-bond donors (Lipinski definition) is 3. The summed E-state index contributed by atoms with van der Waals surface area (Å²) in [6.45, 7) is 6.90. The molecule has 1 aromatic carbocycles. The summed E-state index contributed by atoms with van der Waals surface area (Å²) in [6.07, 6.45) is -1.94. The predicted molar refractivity (Wildman–Crippen MR) is 91.7 cm³/mol. The minimum Gasteiger partial charge on any atom is -0.506 e. The number of halogens is 3. The van der Waals surface area contributed by atoms with Crippen LogP contribution in [0.2, 0.25) is 0 Å². The molecule has 0 saturated carbocycles. The van der Waals surface area contributed by atoms with Crippen LogP contribution >= 0.6 is 0 Å². The summed E-state index contributed by atoms with van der Waals surface area (Å²) >= 11 is 0. The minimum absolute atomic E-state index is 0.0403. The molecule has 1 aliphatic heterocycles. The summed E-state index contributed by atoms with van der Waals surface area (Å²) < 4.78 is 36.7. The molecule has 0 radical (unpaired) electrons. The Bertz CT molecular complexity index is 571. The number of benzene rings is 1. The molecule has 4 N–H and O–H groups in total. The van der Waals surface area contributed by atoms with Gasteiger partial charge in [-0.3, -0.25) is 9.69 Å². The van der Waals surface area contributed by atoms with Gasteiger partial charge in [0, 0.05) is 24.2 Å². The normalized spacial score (nSPS) is 18.0. The van der Waals surface area contributed by atoms with Crippen molar-refractivity contribution in [2.24, 2.45) is 0 Å². The zero-order valence-electron chi connectivity index (χ0n) is 14.7. The van der Waals surface area contributed by atoms with E-state index in [4.69, 9.17) is 10.8 Å². The number of nitrogens with one attached hydrogen (secondary N) is 1. The van der Waals surface area contributed by atoms with Crippen LogP contribution < -0.4 is 11.1 Å². The Balaban J connectivity index is 0.000000257. The smallest absolute Gasteiger partial charge is 0.417 e. The number of phenolic OH excluding ortho intramolecular Hbond substituents is 1. The number of alkyl halides is 3. The molecule has 142 valence electrons. The first kappa shape index (κ1) is 21.2. The van der Waals surface area contributed by atoms with Crippen molar-refractivity contribution in [1.82, 2.24) is 10.2 Å². The summed E-state index contributed by atoms with van der Waals surface area (Å²) in [4.78, 5) is 12.8. The van der Waals surface area contributed by atoms with Crippen LogP contribution in [-0.2, 0) is 6.18 Å². The van der Waals surface area contributed by atoms with Crippen molar-refractivity contribution in [3.05, 3.63) is 23.3 Å². The largest absolute Gasteiger partial charge is 0.506 e. The van der Waals surface area contributed by atoms with Crippen LogP contribution in [0.5, 0.6) is 5.75 Å². The molecule has 1 aliphatic rings. The van der Waals surface area contributed by atoms with E-state index >= 15 is 0 Å². The topological polar surface area (TPSA) is 78.6 Å². The van der Waals surface area contributed by atoms with Crippen molar-refractivity contribution in [3.63, 3.8) is 0 Å². The first-order valence-electron chi connectivity index (χ1n) is 8.15. The maximum Gasteiger partial charge on any atom is 0.417 e. The number of nitrogen functional groups attached to an aromatic ring is 1. The maximum absolute atomic E-state index is 12.2. The second-order valence-electron chi connectivity index (χ2n) is 6.37. The molecule has 1 heterocycles. The third kappa shape index (κ3) is 6.21. The van der Waals surface area contributed by atoms with Crippen LogP contribution in [0, 0.1) is 0 Å². The van der Waals surface area contributed by atoms with Gasteiger partial charge in [0.05, 0.1) is 11.3 Å². The van der Waals surface area contributed by atoms with Gasteiger partial charge in [0.15, 0.2) is 6.29 Å². The molecule has 1 unspecified atom stereocenters. The van der Waals surface area contributed by atoms with Crippen LogP contribution in [0.15, 0.2) is 12.1 Å². The molecule has 0 amide bonds. The minimum atomic E-state index is -4.68. The molecule has 1 fully saturated rings. The third-order valence-electron chi connectivity index (χ3n) is 4.29. The Morgan fingerprint density at radius 2 is 2.04 bits per heavy atom. The Labute approximate surface area is 146 Å². The average Bonchev–Trinajstić information content (AvgIpc) is 2.56. The van der Waals surface area contributed by atoms with Gasteiger partial charge < -0.3 is 16.2 Å². The number of carbonyl (C=O) groups is 1. The SMILES string of the molecule is CC(C)N(C)C1CCCNC1.Nc1cc(C=O)c(C(F)(F)F)cc1O. The van der Waals surface area contributed by atoms with Gasteiger partial charge >= 0.3 is 6.18 Å². The summed E-state index contributed by atoms with van der Waals surface area (Å²) in [7, 11) is 2.22. The summed E-state index contributed by atoms with van der Waals surface area (Å²) in [5.74, 6) is -0.692. The van der Waals surface area contributed by atoms with Crippen molar-refractivity contribution in [1.29, 1.82) is 0 Å². The fraction of sp³-hybridized carbons (Fsp3) is 0.588. The lowest BCUT2D eigenvalue weighted by atomic mass is 10.1. The molecule has 0 aromatic heterocycles. The summed E-state index contributed by atoms with van der Waals surface area (Å²) in [5.41, 5.74) is 3.08. The number of rotatable bonds is 3. The Kier molecular flexibility index (Phi) is 7.69. The van der Waals surface area contributed by atoms with Crippen molar-refractivity contribution in [3.8, 4) is 5.75 Å². The highest BCUT2D eigenvalue weighted by Crippen LogP contribution is 2.35. The van der Waals surface area contributed by atoms with Gasteiger partial charge in [-0.15, -0.1) is 0 Å². The lowest BCUT2D eigenvalue weighted by Crippen LogP contribution is -2.46. The van der Waals surface area contributed by atoms with Gasteiger partial charge in [0.25, 0.3) is 0 Å². The van der Waals surface area contributed by atoms with Crippen LogP contribution in [-0.4, -0.2) is 48.5 Å². The second-order valence-corrected chi connectivity index (χ2v) is 6.37. The first-order chi connectivity index (χ1) is 11.6. The zero-order valence-corrected chi connectivity index (χ0v) is 14.7. The molecule has 1 saturated heterocycles. The molecular weight excluding hydrogens is 335 g/mol. The monoisotopic (exact) mass is 361 g/mol. The average molecular weight is 361 g/mol. The van der Waals surface area contributed by atoms with Gasteiger partial charge in [0.2, 0.25) is 0 Å². The van der Waals surface area contributed by atoms with E-state index in [9.17, 15) is 18.0 Å². The molecule has 0 spiro atoms. The van der Waals surface area contributed by atoms with Gasteiger partial charge in [-0.25, -0.2) is 0 Å². The Hall–Kier alpha value is -1.80. The fourth-order valence-electron chi connectivity index (χ4n) is 2.57. The van der Waals surface area contributed by atoms with Gasteiger partial charge in [-0.05, 0) is 52.4 Å². The molecule has 8 heteroatoms. The van der Waals surface area contributed by atoms with Crippen LogP contribution in [0.4, 0.5) is 18.9 Å². The highest BCUT2D eigenvalue weighted by atomic mass is 19.4. The Morgan fingerprint density at radius 1 is 1.40 bits per heavy atom. The molecular formula is C17H26F3N3O2. The van der Waals surface area contributed by atoms with Crippen molar-refractivity contribution in [2.75, 3.05) is 25.9 Å². The number of nitrogens with zero attached hydrogens (tertiary/aromatic N) is 1. The quantitative estimate of drug-likeness (QED) is 0.438. The van der Waals surface area contributed by atoms with Gasteiger partial charge in [0.1, 0.15) is 5.75 Å². The first-order valence-corrected chi connectivity index (χ1v) is 8.15. The van der Waals surface area contributed by atoms with Crippen LogP contribution in [0.25, 0.3) is 0 Å². The summed E-state index contributed by atoms with van der Waals surface area (Å²) in [6, 6.07) is 2.66. The van der Waals surface area contributed by atoms with Crippen molar-refractivity contribution >= 4 is 12.0 Å².